The summed E-state index contributed by atoms with van der Waals surface area (Å²) in [6, 6.07) is 0. The van der Waals surface area contributed by atoms with Crippen LogP contribution in [0, 0.1) is 0 Å². The zero-order valence-corrected chi connectivity index (χ0v) is 13.7. The van der Waals surface area contributed by atoms with Crippen molar-refractivity contribution >= 4 is 34.8 Å². The number of nitrogens with two attached hydrogens (primary N) is 2. The number of hydrogen-bond acceptors (Lipinski definition) is 2. The van der Waals surface area contributed by atoms with Crippen LogP contribution in [0.3, 0.4) is 0 Å². The number of unbranched alkanes of at least 4 members (excludes halogenated alkanes) is 4. The minimum atomic E-state index is -0.500. The monoisotopic (exact) mass is 298 g/mol. The third kappa shape index (κ3) is 278. The van der Waals surface area contributed by atoms with Crippen molar-refractivity contribution in [2.45, 2.75) is 66.2 Å². The fourth-order valence-corrected chi connectivity index (χ4v) is 0.707. The maximum Gasteiger partial charge on any atom is 0.251 e. The van der Waals surface area contributed by atoms with E-state index in [2.05, 4.69) is 63.6 Å². The molecule has 0 spiro atoms. The molecule has 18 heavy (non-hydrogen) atoms. The molecule has 6 heteroatoms. The van der Waals surface area contributed by atoms with Crippen LogP contribution in [0.2, 0.25) is 0 Å². The summed E-state index contributed by atoms with van der Waals surface area (Å²) in [7, 11) is 0. The lowest BCUT2D eigenvalue weighted by Gasteiger charge is -1.79. The Balaban J connectivity index is -0.0000000731. The summed E-state index contributed by atoms with van der Waals surface area (Å²) in [4.78, 5) is 0. The van der Waals surface area contributed by atoms with Crippen molar-refractivity contribution in [2.75, 3.05) is 0 Å². The van der Waals surface area contributed by atoms with Gasteiger partial charge in [-0.05, 0) is 24.4 Å². The van der Waals surface area contributed by atoms with Gasteiger partial charge in [0, 0.05) is 0 Å². The van der Waals surface area contributed by atoms with Gasteiger partial charge in [-0.25, -0.2) is 0 Å². The molecule has 0 aromatic heterocycles. The number of thiocarbonyl (C=S) groups is 2. The van der Waals surface area contributed by atoms with E-state index in [0.717, 1.165) is 0 Å². The molecule has 0 bridgehead atoms. The molecule has 0 aliphatic rings. The molecule has 0 radical (unpaired) electrons. The van der Waals surface area contributed by atoms with Crippen molar-refractivity contribution in [1.29, 1.82) is 0 Å². The summed E-state index contributed by atoms with van der Waals surface area (Å²) in [5.41, 5.74) is 8.80. The van der Waals surface area contributed by atoms with E-state index >= 15 is 0 Å². The Kier molecular flexibility index (Phi) is 43.3. The first-order chi connectivity index (χ1) is 8.29. The SMILES string of the molecule is CCCCC.CCCCC.NC(O)=S.NC(O)=S. The van der Waals surface area contributed by atoms with E-state index in [1.165, 1.54) is 38.5 Å². The maximum atomic E-state index is 7.56. The first-order valence-electron chi connectivity index (χ1n) is 6.26. The Morgan fingerprint density at radius 3 is 0.833 bits per heavy atom. The van der Waals surface area contributed by atoms with Gasteiger partial charge in [0.15, 0.2) is 0 Å². The summed E-state index contributed by atoms with van der Waals surface area (Å²) in [6.07, 6.45) is 8.15. The zero-order valence-electron chi connectivity index (χ0n) is 12.1. The van der Waals surface area contributed by atoms with E-state index in [1.54, 1.807) is 0 Å². The highest BCUT2D eigenvalue weighted by atomic mass is 32.1. The van der Waals surface area contributed by atoms with Crippen molar-refractivity contribution in [3.05, 3.63) is 0 Å². The van der Waals surface area contributed by atoms with Crippen molar-refractivity contribution in [2.24, 2.45) is 11.5 Å². The lowest BCUT2D eigenvalue weighted by Crippen LogP contribution is -2.03. The van der Waals surface area contributed by atoms with Crippen LogP contribution in [0.5, 0.6) is 0 Å². The summed E-state index contributed by atoms with van der Waals surface area (Å²) in [6.45, 7) is 8.85. The fraction of sp³-hybridized carbons (Fsp3) is 0.833. The summed E-state index contributed by atoms with van der Waals surface area (Å²) >= 11 is 7.74. The van der Waals surface area contributed by atoms with Gasteiger partial charge in [0.05, 0.1) is 0 Å². The normalized spacial score (nSPS) is 7.33. The Bertz CT molecular complexity index is 138. The van der Waals surface area contributed by atoms with Crippen LogP contribution in [-0.2, 0) is 0 Å². The summed E-state index contributed by atoms with van der Waals surface area (Å²) in [5.74, 6) is 0. The largest absolute Gasteiger partial charge is 0.487 e. The predicted molar refractivity (Wildman–Crippen MR) is 89.2 cm³/mol. The van der Waals surface area contributed by atoms with Gasteiger partial charge >= 0.3 is 0 Å². The third-order valence-electron chi connectivity index (χ3n) is 1.41. The highest BCUT2D eigenvalue weighted by molar-refractivity contribution is 7.80. The standard InChI is InChI=1S/2C5H12.2CH3NOS/c2*1-3-5-4-2;2*2-1(3)4/h2*3-5H2,1-2H3;2*(H3,2,3,4). The molecule has 0 fully saturated rings. The van der Waals surface area contributed by atoms with Crippen molar-refractivity contribution in [3.8, 4) is 0 Å². The van der Waals surface area contributed by atoms with Crippen LogP contribution in [-0.4, -0.2) is 20.6 Å². The Hall–Kier alpha value is -0.620. The van der Waals surface area contributed by atoms with E-state index in [1.807, 2.05) is 0 Å². The van der Waals surface area contributed by atoms with E-state index < -0.39 is 10.3 Å². The average Bonchev–Trinajstić information content (AvgIpc) is 2.19. The van der Waals surface area contributed by atoms with Crippen LogP contribution in [0.1, 0.15) is 66.2 Å². The van der Waals surface area contributed by atoms with Gasteiger partial charge in [-0.3, -0.25) is 0 Å². The average molecular weight is 299 g/mol. The number of aliphatic hydroxyl groups is 2. The van der Waals surface area contributed by atoms with Gasteiger partial charge in [-0.15, -0.1) is 0 Å². The zero-order chi connectivity index (χ0) is 15.4. The second-order valence-electron chi connectivity index (χ2n) is 3.38. The van der Waals surface area contributed by atoms with Gasteiger partial charge in [0.1, 0.15) is 0 Å². The number of rotatable bonds is 4. The Morgan fingerprint density at radius 2 is 0.833 bits per heavy atom. The van der Waals surface area contributed by atoms with Gasteiger partial charge < -0.3 is 21.7 Å². The van der Waals surface area contributed by atoms with Crippen LogP contribution >= 0.6 is 24.4 Å². The van der Waals surface area contributed by atoms with Crippen LogP contribution in [0.4, 0.5) is 0 Å². The quantitative estimate of drug-likeness (QED) is 0.587. The molecular weight excluding hydrogens is 268 g/mol. The highest BCUT2D eigenvalue weighted by Crippen LogP contribution is 1.88. The molecule has 0 heterocycles. The van der Waals surface area contributed by atoms with Crippen molar-refractivity contribution in [1.82, 2.24) is 0 Å². The molecule has 0 unspecified atom stereocenters. The van der Waals surface area contributed by atoms with E-state index in [9.17, 15) is 0 Å². The van der Waals surface area contributed by atoms with Crippen LogP contribution in [0.25, 0.3) is 0 Å². The first kappa shape index (κ1) is 26.0. The molecule has 0 atom stereocenters. The third-order valence-corrected chi connectivity index (χ3v) is 1.41. The summed E-state index contributed by atoms with van der Waals surface area (Å²) < 4.78 is 0. The highest BCUT2D eigenvalue weighted by Gasteiger charge is 1.68. The molecule has 0 amide bonds. The lowest BCUT2D eigenvalue weighted by molar-refractivity contribution is 0.559. The lowest BCUT2D eigenvalue weighted by atomic mass is 10.3. The minimum Gasteiger partial charge on any atom is -0.487 e. The molecule has 6 N–H and O–H groups in total. The van der Waals surface area contributed by atoms with Gasteiger partial charge in [0.2, 0.25) is 0 Å². The molecule has 0 aromatic carbocycles. The molecule has 0 rings (SSSR count). The van der Waals surface area contributed by atoms with E-state index in [0.29, 0.717) is 0 Å². The molecule has 0 aromatic rings. The van der Waals surface area contributed by atoms with E-state index in [-0.39, 0.29) is 0 Å². The Morgan fingerprint density at radius 1 is 0.722 bits per heavy atom. The van der Waals surface area contributed by atoms with Crippen LogP contribution in [0.15, 0.2) is 0 Å². The Labute approximate surface area is 123 Å². The molecule has 0 saturated heterocycles. The van der Waals surface area contributed by atoms with Gasteiger partial charge in [0.25, 0.3) is 10.3 Å². The predicted octanol–water partition coefficient (Wildman–Crippen LogP) is 3.97. The second kappa shape index (κ2) is 29.9. The second-order valence-corrected chi connectivity index (χ2v) is 4.22. The molecule has 0 saturated carbocycles. The minimum absolute atomic E-state index is 0.500. The summed E-state index contributed by atoms with van der Waals surface area (Å²) in [5, 5.41) is 14.1. The first-order valence-corrected chi connectivity index (χ1v) is 7.08. The molecule has 4 nitrogen and oxygen atoms in total. The molecule has 0 aliphatic carbocycles. The van der Waals surface area contributed by atoms with Gasteiger partial charge in [-0.2, -0.15) is 0 Å². The number of aliphatic hydroxyl groups excluding tert-OH is 2. The molecule has 0 aliphatic heterocycles. The topological polar surface area (TPSA) is 92.5 Å². The van der Waals surface area contributed by atoms with Gasteiger partial charge in [-0.1, -0.05) is 66.2 Å². The molecular formula is C12H30N2O2S2. The smallest absolute Gasteiger partial charge is 0.251 e. The maximum absolute atomic E-state index is 7.56. The van der Waals surface area contributed by atoms with E-state index in [4.69, 9.17) is 10.2 Å². The number of hydrogen-bond donors (Lipinski definition) is 4. The van der Waals surface area contributed by atoms with Crippen molar-refractivity contribution in [3.63, 3.8) is 0 Å². The fourth-order valence-electron chi connectivity index (χ4n) is 0.707. The van der Waals surface area contributed by atoms with Crippen LogP contribution < -0.4 is 11.5 Å². The molecule has 112 valence electrons. The van der Waals surface area contributed by atoms with Crippen molar-refractivity contribution < 1.29 is 10.2 Å².